The van der Waals surface area contributed by atoms with Gasteiger partial charge in [-0.05, 0) is 35.9 Å². The van der Waals surface area contributed by atoms with Gasteiger partial charge in [0.25, 0.3) is 0 Å². The lowest BCUT2D eigenvalue weighted by atomic mass is 9.99. The normalized spacial score (nSPS) is 18.3. The fraction of sp³-hybridized carbons (Fsp3) is 0.462. The molecular weight excluding hydrogens is 424 g/mol. The van der Waals surface area contributed by atoms with Crippen LogP contribution in [0.4, 0.5) is 0 Å². The fourth-order valence-electron chi connectivity index (χ4n) is 3.84. The minimum absolute atomic E-state index is 0.0123. The van der Waals surface area contributed by atoms with Crippen molar-refractivity contribution in [3.63, 3.8) is 0 Å². The third-order valence-electron chi connectivity index (χ3n) is 5.65. The van der Waals surface area contributed by atoms with Crippen molar-refractivity contribution >= 4 is 34.0 Å². The minimum atomic E-state index is -0.343. The molecule has 0 N–H and O–H groups in total. The number of thioether (sulfide) groups is 1. The van der Waals surface area contributed by atoms with Crippen molar-refractivity contribution in [2.24, 2.45) is 0 Å². The number of benzene rings is 1. The van der Waals surface area contributed by atoms with Crippen LogP contribution >= 0.6 is 23.1 Å². The average molecular weight is 457 g/mol. The molecule has 3 nitrogen and oxygen atoms in total. The van der Waals surface area contributed by atoms with Crippen molar-refractivity contribution in [1.82, 2.24) is 0 Å². The van der Waals surface area contributed by atoms with Crippen LogP contribution < -0.4 is 0 Å². The summed E-state index contributed by atoms with van der Waals surface area (Å²) in [5, 5.41) is 2.09. The highest BCUT2D eigenvalue weighted by atomic mass is 32.2. The largest absolute Gasteiger partial charge is 0.489 e. The Bertz CT molecular complexity index is 884. The highest BCUT2D eigenvalue weighted by Crippen LogP contribution is 2.44. The molecule has 3 rings (SSSR count). The molecule has 1 unspecified atom stereocenters. The minimum Gasteiger partial charge on any atom is -0.489 e. The quantitative estimate of drug-likeness (QED) is 0.299. The van der Waals surface area contributed by atoms with Gasteiger partial charge in [-0.3, -0.25) is 9.59 Å². The first-order valence-electron chi connectivity index (χ1n) is 11.2. The molecule has 0 bridgehead atoms. The number of carbonyl (C=O) groups excluding carboxylic acids is 2. The lowest BCUT2D eigenvalue weighted by molar-refractivity contribution is -0.122. The molecule has 1 aromatic heterocycles. The summed E-state index contributed by atoms with van der Waals surface area (Å²) in [5.41, 5.74) is 2.15. The van der Waals surface area contributed by atoms with E-state index in [0.717, 1.165) is 18.4 Å². The molecule has 2 heterocycles. The van der Waals surface area contributed by atoms with Gasteiger partial charge in [0.05, 0.1) is 4.75 Å². The molecule has 0 aliphatic carbocycles. The Hall–Kier alpha value is -1.85. The van der Waals surface area contributed by atoms with Crippen LogP contribution in [-0.2, 0) is 20.7 Å². The van der Waals surface area contributed by atoms with Crippen molar-refractivity contribution in [1.29, 1.82) is 0 Å². The molecule has 0 spiro atoms. The zero-order chi connectivity index (χ0) is 22.1. The molecule has 0 saturated heterocycles. The zero-order valence-corrected chi connectivity index (χ0v) is 20.2. The van der Waals surface area contributed by atoms with E-state index in [1.807, 2.05) is 18.2 Å². The Kier molecular flexibility index (Phi) is 8.97. The van der Waals surface area contributed by atoms with Gasteiger partial charge in [-0.1, -0.05) is 87.5 Å². The number of unbranched alkanes of at least 4 members (excludes halogenated alkanes) is 5. The first-order valence-corrected chi connectivity index (χ1v) is 12.9. The second-order valence-electron chi connectivity index (χ2n) is 8.36. The van der Waals surface area contributed by atoms with E-state index in [-0.39, 0.29) is 22.3 Å². The predicted molar refractivity (Wildman–Crippen MR) is 131 cm³/mol. The Balaban J connectivity index is 1.46. The number of hydrogen-bond donors (Lipinski definition) is 0. The van der Waals surface area contributed by atoms with E-state index < -0.39 is 0 Å². The number of rotatable bonds is 13. The van der Waals surface area contributed by atoms with Crippen LogP contribution in [0.25, 0.3) is 10.4 Å². The summed E-state index contributed by atoms with van der Waals surface area (Å²) in [5.74, 6) is 0.688. The van der Waals surface area contributed by atoms with E-state index in [0.29, 0.717) is 12.2 Å². The van der Waals surface area contributed by atoms with Crippen molar-refractivity contribution in [2.45, 2.75) is 70.0 Å². The SMILES string of the molecule is CCCCCCCCC1(C)SC(=O)C=C1OCC(=O)Cc1ccc(-c2cccs2)cc1. The summed E-state index contributed by atoms with van der Waals surface area (Å²) in [6.45, 7) is 4.30. The second-order valence-corrected chi connectivity index (χ2v) is 10.8. The number of ketones is 1. The van der Waals surface area contributed by atoms with E-state index in [4.69, 9.17) is 4.74 Å². The first-order chi connectivity index (χ1) is 15.0. The van der Waals surface area contributed by atoms with Crippen LogP contribution in [0.5, 0.6) is 0 Å². The molecule has 0 saturated carbocycles. The van der Waals surface area contributed by atoms with Crippen LogP contribution in [0.2, 0.25) is 0 Å². The van der Waals surface area contributed by atoms with Gasteiger partial charge in [0.1, 0.15) is 12.4 Å². The van der Waals surface area contributed by atoms with Gasteiger partial charge >= 0.3 is 0 Å². The maximum absolute atomic E-state index is 12.5. The predicted octanol–water partition coefficient (Wildman–Crippen LogP) is 7.21. The summed E-state index contributed by atoms with van der Waals surface area (Å²) in [7, 11) is 0. The van der Waals surface area contributed by atoms with E-state index in [1.165, 1.54) is 54.3 Å². The highest BCUT2D eigenvalue weighted by Gasteiger charge is 2.39. The Labute approximate surface area is 194 Å². The van der Waals surface area contributed by atoms with Gasteiger partial charge in [0.15, 0.2) is 5.78 Å². The summed E-state index contributed by atoms with van der Waals surface area (Å²) in [6.07, 6.45) is 10.1. The summed E-state index contributed by atoms with van der Waals surface area (Å²) >= 11 is 3.04. The summed E-state index contributed by atoms with van der Waals surface area (Å²) in [6, 6.07) is 12.3. The molecular formula is C26H32O3S2. The Morgan fingerprint density at radius 3 is 2.48 bits per heavy atom. The monoisotopic (exact) mass is 456 g/mol. The second kappa shape index (κ2) is 11.7. The van der Waals surface area contributed by atoms with Crippen LogP contribution in [0.15, 0.2) is 53.6 Å². The molecule has 5 heteroatoms. The summed E-state index contributed by atoms with van der Waals surface area (Å²) < 4.78 is 5.53. The molecule has 0 radical (unpaired) electrons. The van der Waals surface area contributed by atoms with Crippen molar-refractivity contribution in [3.05, 3.63) is 59.2 Å². The third kappa shape index (κ3) is 7.08. The number of ether oxygens (including phenoxy) is 1. The molecule has 166 valence electrons. The lowest BCUT2D eigenvalue weighted by Gasteiger charge is -2.26. The van der Waals surface area contributed by atoms with E-state index in [2.05, 4.69) is 37.4 Å². The molecule has 0 amide bonds. The summed E-state index contributed by atoms with van der Waals surface area (Å²) in [4.78, 5) is 25.7. The van der Waals surface area contributed by atoms with E-state index in [9.17, 15) is 9.59 Å². The van der Waals surface area contributed by atoms with Crippen LogP contribution in [0.1, 0.15) is 64.4 Å². The standard InChI is InChI=1S/C26H32O3S2/c1-3-4-5-6-7-8-15-26(2)24(18-25(28)31-26)29-19-22(27)17-20-11-13-21(14-12-20)23-10-9-16-30-23/h9-14,16,18H,3-8,15,17,19H2,1-2H3. The van der Waals surface area contributed by atoms with Crippen LogP contribution in [0, 0.1) is 0 Å². The van der Waals surface area contributed by atoms with E-state index >= 15 is 0 Å². The van der Waals surface area contributed by atoms with Crippen molar-refractivity contribution in [3.8, 4) is 10.4 Å². The maximum atomic E-state index is 12.5. The van der Waals surface area contributed by atoms with Gasteiger partial charge in [-0.2, -0.15) is 0 Å². The molecule has 1 atom stereocenters. The fourth-order valence-corrected chi connectivity index (χ4v) is 5.65. The van der Waals surface area contributed by atoms with Crippen LogP contribution in [-0.4, -0.2) is 22.3 Å². The maximum Gasteiger partial charge on any atom is 0.216 e. The topological polar surface area (TPSA) is 43.4 Å². The lowest BCUT2D eigenvalue weighted by Crippen LogP contribution is -2.24. The first kappa shape index (κ1) is 23.8. The molecule has 2 aromatic rings. The van der Waals surface area contributed by atoms with Crippen molar-refractivity contribution < 1.29 is 14.3 Å². The zero-order valence-electron chi connectivity index (χ0n) is 18.5. The molecule has 1 aromatic carbocycles. The smallest absolute Gasteiger partial charge is 0.216 e. The molecule has 1 aliphatic rings. The average Bonchev–Trinajstić information content (AvgIpc) is 3.38. The van der Waals surface area contributed by atoms with Gasteiger partial charge in [-0.15, -0.1) is 11.3 Å². The number of Topliss-reactive ketones (excluding diaryl/α,β-unsaturated/α-hetero) is 1. The third-order valence-corrected chi connectivity index (χ3v) is 7.75. The van der Waals surface area contributed by atoms with Crippen LogP contribution in [0.3, 0.4) is 0 Å². The number of thiophene rings is 1. The Morgan fingerprint density at radius 2 is 1.77 bits per heavy atom. The number of carbonyl (C=O) groups is 2. The molecule has 31 heavy (non-hydrogen) atoms. The highest BCUT2D eigenvalue weighted by molar-refractivity contribution is 8.15. The Morgan fingerprint density at radius 1 is 1.03 bits per heavy atom. The van der Waals surface area contributed by atoms with Gasteiger partial charge in [-0.25, -0.2) is 0 Å². The van der Waals surface area contributed by atoms with E-state index in [1.54, 1.807) is 17.4 Å². The van der Waals surface area contributed by atoms with Gasteiger partial charge in [0, 0.05) is 17.4 Å². The van der Waals surface area contributed by atoms with Gasteiger partial charge < -0.3 is 4.74 Å². The van der Waals surface area contributed by atoms with Gasteiger partial charge in [0.2, 0.25) is 5.12 Å². The molecule has 0 fully saturated rings. The molecule has 1 aliphatic heterocycles. The number of hydrogen-bond acceptors (Lipinski definition) is 5. The van der Waals surface area contributed by atoms with Crippen molar-refractivity contribution in [2.75, 3.05) is 6.61 Å².